The predicted octanol–water partition coefficient (Wildman–Crippen LogP) is 5.12. The number of fused-ring (bicyclic) bond motifs is 3. The van der Waals surface area contributed by atoms with Gasteiger partial charge in [-0.2, -0.15) is 0 Å². The molecule has 0 bridgehead atoms. The molecule has 0 radical (unpaired) electrons. The highest BCUT2D eigenvalue weighted by Gasteiger charge is 2.26. The topological polar surface area (TPSA) is 44.8 Å². The first-order valence-electron chi connectivity index (χ1n) is 8.90. The summed E-state index contributed by atoms with van der Waals surface area (Å²) in [6, 6.07) is 13.3. The van der Waals surface area contributed by atoms with Gasteiger partial charge in [0, 0.05) is 21.8 Å². The van der Waals surface area contributed by atoms with Crippen LogP contribution in [0.2, 0.25) is 0 Å². The third kappa shape index (κ3) is 2.59. The van der Waals surface area contributed by atoms with Crippen LogP contribution in [-0.4, -0.2) is 21.0 Å². The Morgan fingerprint density at radius 1 is 1.08 bits per heavy atom. The van der Waals surface area contributed by atoms with Crippen LogP contribution >= 0.6 is 11.3 Å². The summed E-state index contributed by atoms with van der Waals surface area (Å²) in [5, 5.41) is 3.32. The number of nitrogens with one attached hydrogen (secondary N) is 1. The van der Waals surface area contributed by atoms with E-state index in [1.54, 1.807) is 6.33 Å². The highest BCUT2D eigenvalue weighted by Crippen LogP contribution is 2.34. The highest BCUT2D eigenvalue weighted by atomic mass is 32.1. The molecule has 1 fully saturated rings. The highest BCUT2D eigenvalue weighted by molar-refractivity contribution is 7.09. The molecule has 3 heterocycles. The minimum Gasteiger partial charge on any atom is -0.350 e. The summed E-state index contributed by atoms with van der Waals surface area (Å²) in [6.07, 6.45) is 6.83. The van der Waals surface area contributed by atoms with Crippen molar-refractivity contribution in [2.75, 3.05) is 4.90 Å². The first kappa shape index (κ1) is 14.9. The average molecular weight is 348 g/mol. The van der Waals surface area contributed by atoms with Gasteiger partial charge in [0.1, 0.15) is 17.4 Å². The van der Waals surface area contributed by atoms with Crippen LogP contribution in [0.5, 0.6) is 0 Å². The number of hydrogen-bond donors (Lipinski definition) is 1. The molecule has 4 nitrogen and oxygen atoms in total. The molecule has 5 heteroatoms. The number of para-hydroxylation sites is 1. The van der Waals surface area contributed by atoms with Crippen molar-refractivity contribution in [3.8, 4) is 0 Å². The molecule has 0 amide bonds. The zero-order valence-corrected chi connectivity index (χ0v) is 14.8. The van der Waals surface area contributed by atoms with Crippen molar-refractivity contribution in [2.24, 2.45) is 0 Å². The Kier molecular flexibility index (Phi) is 3.67. The van der Waals surface area contributed by atoms with Gasteiger partial charge in [0.25, 0.3) is 0 Å². The largest absolute Gasteiger partial charge is 0.350 e. The number of benzene rings is 1. The summed E-state index contributed by atoms with van der Waals surface area (Å²) in [4.78, 5) is 16.7. The van der Waals surface area contributed by atoms with Gasteiger partial charge in [-0.25, -0.2) is 9.97 Å². The summed E-state index contributed by atoms with van der Waals surface area (Å²) < 4.78 is 0. The monoisotopic (exact) mass is 348 g/mol. The van der Waals surface area contributed by atoms with Crippen molar-refractivity contribution in [3.63, 3.8) is 0 Å². The standard InChI is InChI=1S/C20H20N4S/c1-2-7-14(6-1)24(12-15-8-5-11-25-15)20-19-18(21-13-22-20)16-9-3-4-10-17(16)23-19/h3-5,8-11,13-14,23H,1-2,6-7,12H2. The number of aromatic nitrogens is 3. The molecule has 25 heavy (non-hydrogen) atoms. The Morgan fingerprint density at radius 2 is 1.96 bits per heavy atom. The fraction of sp³-hybridized carbons (Fsp3) is 0.300. The molecule has 1 aliphatic carbocycles. The van der Waals surface area contributed by atoms with E-state index in [9.17, 15) is 0 Å². The Hall–Kier alpha value is -2.40. The average Bonchev–Trinajstić information content (AvgIpc) is 3.39. The Morgan fingerprint density at radius 3 is 2.80 bits per heavy atom. The normalized spacial score (nSPS) is 15.4. The molecular weight excluding hydrogens is 328 g/mol. The van der Waals surface area contributed by atoms with Crippen LogP contribution in [0.4, 0.5) is 5.82 Å². The smallest absolute Gasteiger partial charge is 0.157 e. The molecule has 0 unspecified atom stereocenters. The van der Waals surface area contributed by atoms with Gasteiger partial charge >= 0.3 is 0 Å². The molecule has 0 saturated heterocycles. The molecule has 126 valence electrons. The fourth-order valence-electron chi connectivity index (χ4n) is 4.01. The molecule has 0 atom stereocenters. The lowest BCUT2D eigenvalue weighted by Crippen LogP contribution is -2.33. The van der Waals surface area contributed by atoms with Crippen LogP contribution in [0, 0.1) is 0 Å². The third-order valence-electron chi connectivity index (χ3n) is 5.21. The second-order valence-corrected chi connectivity index (χ2v) is 7.77. The van der Waals surface area contributed by atoms with E-state index in [0.717, 1.165) is 28.9 Å². The summed E-state index contributed by atoms with van der Waals surface area (Å²) in [5.41, 5.74) is 3.21. The zero-order valence-electron chi connectivity index (χ0n) is 14.0. The third-order valence-corrected chi connectivity index (χ3v) is 6.07. The maximum atomic E-state index is 4.72. The summed E-state index contributed by atoms with van der Waals surface area (Å²) >= 11 is 1.82. The van der Waals surface area contributed by atoms with Gasteiger partial charge < -0.3 is 9.88 Å². The molecule has 5 rings (SSSR count). The number of nitrogens with zero attached hydrogens (tertiary/aromatic N) is 3. The maximum absolute atomic E-state index is 4.72. The van der Waals surface area contributed by atoms with Gasteiger partial charge in [-0.1, -0.05) is 37.1 Å². The molecule has 1 aliphatic rings. The van der Waals surface area contributed by atoms with Gasteiger partial charge in [-0.3, -0.25) is 0 Å². The van der Waals surface area contributed by atoms with Crippen molar-refractivity contribution in [3.05, 3.63) is 53.0 Å². The van der Waals surface area contributed by atoms with E-state index in [-0.39, 0.29) is 0 Å². The lowest BCUT2D eigenvalue weighted by molar-refractivity contribution is 0.602. The Labute approximate surface area is 150 Å². The number of H-pyrrole nitrogens is 1. The van der Waals surface area contributed by atoms with Crippen molar-refractivity contribution in [1.29, 1.82) is 0 Å². The minimum absolute atomic E-state index is 0.562. The minimum atomic E-state index is 0.562. The number of hydrogen-bond acceptors (Lipinski definition) is 4. The van der Waals surface area contributed by atoms with Crippen molar-refractivity contribution < 1.29 is 0 Å². The van der Waals surface area contributed by atoms with Gasteiger partial charge in [0.05, 0.1) is 6.54 Å². The lowest BCUT2D eigenvalue weighted by Gasteiger charge is -2.30. The van der Waals surface area contributed by atoms with Gasteiger partial charge in [0.2, 0.25) is 0 Å². The van der Waals surface area contributed by atoms with E-state index in [1.807, 2.05) is 11.3 Å². The molecule has 3 aromatic heterocycles. The first-order valence-corrected chi connectivity index (χ1v) is 9.78. The number of rotatable bonds is 4. The van der Waals surface area contributed by atoms with E-state index in [1.165, 1.54) is 35.9 Å². The van der Waals surface area contributed by atoms with Crippen LogP contribution in [0.1, 0.15) is 30.6 Å². The second-order valence-electron chi connectivity index (χ2n) is 6.74. The molecule has 1 N–H and O–H groups in total. The second kappa shape index (κ2) is 6.15. The van der Waals surface area contributed by atoms with E-state index < -0.39 is 0 Å². The fourth-order valence-corrected chi connectivity index (χ4v) is 4.71. The predicted molar refractivity (Wildman–Crippen MR) is 104 cm³/mol. The van der Waals surface area contributed by atoms with Crippen molar-refractivity contribution >= 4 is 39.1 Å². The quantitative estimate of drug-likeness (QED) is 0.556. The lowest BCUT2D eigenvalue weighted by atomic mass is 10.2. The number of thiophene rings is 1. The Balaban J connectivity index is 1.67. The van der Waals surface area contributed by atoms with Crippen LogP contribution in [0.15, 0.2) is 48.1 Å². The van der Waals surface area contributed by atoms with Crippen LogP contribution in [0.25, 0.3) is 21.9 Å². The van der Waals surface area contributed by atoms with Crippen LogP contribution in [0.3, 0.4) is 0 Å². The molecule has 1 aromatic carbocycles. The van der Waals surface area contributed by atoms with E-state index in [0.29, 0.717) is 6.04 Å². The maximum Gasteiger partial charge on any atom is 0.157 e. The van der Waals surface area contributed by atoms with Gasteiger partial charge in [-0.15, -0.1) is 11.3 Å². The van der Waals surface area contributed by atoms with Gasteiger partial charge in [-0.05, 0) is 30.4 Å². The molecule has 4 aromatic rings. The van der Waals surface area contributed by atoms with E-state index in [4.69, 9.17) is 4.98 Å². The number of anilines is 1. The molecule has 0 aliphatic heterocycles. The molecular formula is C20H20N4S. The van der Waals surface area contributed by atoms with Crippen LogP contribution < -0.4 is 4.90 Å². The van der Waals surface area contributed by atoms with Gasteiger partial charge in [0.15, 0.2) is 5.82 Å². The molecule has 1 saturated carbocycles. The van der Waals surface area contributed by atoms with E-state index in [2.05, 4.69) is 56.6 Å². The SMILES string of the molecule is c1csc(CN(c2ncnc3c2[nH]c2ccccc23)C2CCCC2)c1. The Bertz CT molecular complexity index is 999. The van der Waals surface area contributed by atoms with Crippen LogP contribution in [-0.2, 0) is 6.54 Å². The van der Waals surface area contributed by atoms with E-state index >= 15 is 0 Å². The zero-order chi connectivity index (χ0) is 16.6. The van der Waals surface area contributed by atoms with Crippen molar-refractivity contribution in [1.82, 2.24) is 15.0 Å². The molecule has 0 spiro atoms. The van der Waals surface area contributed by atoms with Crippen molar-refractivity contribution in [2.45, 2.75) is 38.3 Å². The first-order chi connectivity index (χ1) is 12.4. The number of aromatic amines is 1. The summed E-state index contributed by atoms with van der Waals surface area (Å²) in [5.74, 6) is 1.04. The summed E-state index contributed by atoms with van der Waals surface area (Å²) in [6.45, 7) is 0.920. The summed E-state index contributed by atoms with van der Waals surface area (Å²) in [7, 11) is 0.